The highest BCUT2D eigenvalue weighted by Crippen LogP contribution is 2.12. The zero-order valence-corrected chi connectivity index (χ0v) is 8.86. The summed E-state index contributed by atoms with van der Waals surface area (Å²) in [5.41, 5.74) is 6.69. The van der Waals surface area contributed by atoms with Crippen LogP contribution in [0.1, 0.15) is 31.4 Å². The second-order valence-corrected chi connectivity index (χ2v) is 3.28. The molecule has 2 nitrogen and oxygen atoms in total. The van der Waals surface area contributed by atoms with E-state index >= 15 is 0 Å². The first kappa shape index (κ1) is 11.5. The molecule has 0 fully saturated rings. The summed E-state index contributed by atoms with van der Waals surface area (Å²) in [5, 5.41) is 0. The van der Waals surface area contributed by atoms with Gasteiger partial charge in [0.15, 0.2) is 5.78 Å². The maximum atomic E-state index is 11.6. The minimum absolute atomic E-state index is 0.0453. The molecule has 0 aliphatic carbocycles. The molecule has 0 aliphatic heterocycles. The van der Waals surface area contributed by atoms with Crippen molar-refractivity contribution in [2.45, 2.75) is 25.8 Å². The van der Waals surface area contributed by atoms with Gasteiger partial charge in [0, 0.05) is 12.8 Å². The van der Waals surface area contributed by atoms with Gasteiger partial charge >= 0.3 is 0 Å². The molecule has 0 radical (unpaired) electrons. The fraction of sp³-hybridized carbons (Fsp3) is 0.308. The lowest BCUT2D eigenvalue weighted by Gasteiger charge is -2.09. The summed E-state index contributed by atoms with van der Waals surface area (Å²) < 4.78 is 0. The number of carbonyl (C=O) groups excluding carboxylic acids is 1. The number of ketones is 1. The predicted molar refractivity (Wildman–Crippen MR) is 61.1 cm³/mol. The quantitative estimate of drug-likeness (QED) is 0.758. The Morgan fingerprint density at radius 1 is 1.40 bits per heavy atom. The van der Waals surface area contributed by atoms with Gasteiger partial charge < -0.3 is 5.73 Å². The van der Waals surface area contributed by atoms with E-state index in [4.69, 9.17) is 5.73 Å². The van der Waals surface area contributed by atoms with E-state index in [2.05, 4.69) is 11.8 Å². The molecule has 78 valence electrons. The molecule has 2 N–H and O–H groups in total. The minimum Gasteiger partial charge on any atom is -0.318 e. The highest BCUT2D eigenvalue weighted by molar-refractivity contribution is 5.85. The SMILES string of the molecule is CC#CCCC(=O)[C@H](N)c1ccccc1. The maximum absolute atomic E-state index is 11.6. The van der Waals surface area contributed by atoms with Gasteiger partial charge in [-0.3, -0.25) is 4.79 Å². The molecule has 1 aromatic carbocycles. The molecule has 1 atom stereocenters. The number of Topliss-reactive ketones (excluding diaryl/α,β-unsaturated/α-hetero) is 1. The second kappa shape index (κ2) is 6.00. The average Bonchev–Trinajstić information content (AvgIpc) is 2.29. The molecule has 0 heterocycles. The maximum Gasteiger partial charge on any atom is 0.154 e. The van der Waals surface area contributed by atoms with Crippen LogP contribution in [-0.2, 0) is 4.79 Å². The third-order valence-corrected chi connectivity index (χ3v) is 2.18. The van der Waals surface area contributed by atoms with Crippen LogP contribution in [0, 0.1) is 11.8 Å². The molecule has 1 rings (SSSR count). The molecule has 0 saturated carbocycles. The number of hydrogen-bond acceptors (Lipinski definition) is 2. The summed E-state index contributed by atoms with van der Waals surface area (Å²) in [6, 6.07) is 8.90. The normalized spacial score (nSPS) is 11.3. The van der Waals surface area contributed by atoms with Gasteiger partial charge in [-0.25, -0.2) is 0 Å². The second-order valence-electron chi connectivity index (χ2n) is 3.28. The van der Waals surface area contributed by atoms with Crippen molar-refractivity contribution < 1.29 is 4.79 Å². The number of nitrogens with two attached hydrogens (primary N) is 1. The first-order chi connectivity index (χ1) is 7.25. The van der Waals surface area contributed by atoms with Gasteiger partial charge in [0.05, 0.1) is 6.04 Å². The molecule has 0 aromatic heterocycles. The first-order valence-electron chi connectivity index (χ1n) is 4.98. The van der Waals surface area contributed by atoms with Gasteiger partial charge in [-0.15, -0.1) is 11.8 Å². The molecule has 0 unspecified atom stereocenters. The summed E-state index contributed by atoms with van der Waals surface area (Å²) in [4.78, 5) is 11.6. The van der Waals surface area contributed by atoms with Crippen LogP contribution >= 0.6 is 0 Å². The fourth-order valence-corrected chi connectivity index (χ4v) is 1.31. The van der Waals surface area contributed by atoms with E-state index in [1.807, 2.05) is 30.3 Å². The zero-order chi connectivity index (χ0) is 11.1. The third kappa shape index (κ3) is 3.57. The van der Waals surface area contributed by atoms with Crippen molar-refractivity contribution in [2.24, 2.45) is 5.73 Å². The number of hydrogen-bond donors (Lipinski definition) is 1. The van der Waals surface area contributed by atoms with E-state index in [-0.39, 0.29) is 5.78 Å². The van der Waals surface area contributed by atoms with Gasteiger partial charge in [0.1, 0.15) is 0 Å². The van der Waals surface area contributed by atoms with Crippen molar-refractivity contribution in [3.05, 3.63) is 35.9 Å². The summed E-state index contributed by atoms with van der Waals surface area (Å²) in [6.45, 7) is 1.77. The molecular weight excluding hydrogens is 186 g/mol. The van der Waals surface area contributed by atoms with Crippen molar-refractivity contribution >= 4 is 5.78 Å². The number of carbonyl (C=O) groups is 1. The Labute approximate surface area is 90.5 Å². The van der Waals surface area contributed by atoms with Gasteiger partial charge in [0.2, 0.25) is 0 Å². The predicted octanol–water partition coefficient (Wildman–Crippen LogP) is 2.06. The lowest BCUT2D eigenvalue weighted by Crippen LogP contribution is -2.20. The van der Waals surface area contributed by atoms with Gasteiger partial charge in [-0.2, -0.15) is 0 Å². The number of rotatable bonds is 4. The van der Waals surface area contributed by atoms with Gasteiger partial charge in [-0.1, -0.05) is 30.3 Å². The standard InChI is InChI=1S/C13H15NO/c1-2-3-5-10-12(15)13(14)11-8-6-4-7-9-11/h4,6-9,13H,5,10,14H2,1H3/t13-/m1/s1. The van der Waals surface area contributed by atoms with Crippen molar-refractivity contribution in [1.82, 2.24) is 0 Å². The van der Waals surface area contributed by atoms with Crippen LogP contribution < -0.4 is 5.73 Å². The molecule has 15 heavy (non-hydrogen) atoms. The average molecular weight is 201 g/mol. The Hall–Kier alpha value is -1.59. The Morgan fingerprint density at radius 3 is 2.67 bits per heavy atom. The molecule has 0 bridgehead atoms. The van der Waals surface area contributed by atoms with E-state index in [9.17, 15) is 4.79 Å². The van der Waals surface area contributed by atoms with Crippen LogP contribution in [0.3, 0.4) is 0 Å². The summed E-state index contributed by atoms with van der Waals surface area (Å²) in [5.74, 6) is 5.66. The van der Waals surface area contributed by atoms with Crippen LogP contribution in [0.2, 0.25) is 0 Å². The van der Waals surface area contributed by atoms with E-state index in [0.717, 1.165) is 5.56 Å². The fourth-order valence-electron chi connectivity index (χ4n) is 1.31. The van der Waals surface area contributed by atoms with E-state index in [1.54, 1.807) is 6.92 Å². The van der Waals surface area contributed by atoms with Crippen LogP contribution in [0.15, 0.2) is 30.3 Å². The van der Waals surface area contributed by atoms with E-state index < -0.39 is 6.04 Å². The monoisotopic (exact) mass is 201 g/mol. The highest BCUT2D eigenvalue weighted by atomic mass is 16.1. The smallest absolute Gasteiger partial charge is 0.154 e. The Bertz CT molecular complexity index is 373. The molecule has 0 aliphatic rings. The number of benzene rings is 1. The van der Waals surface area contributed by atoms with Crippen molar-refractivity contribution in [2.75, 3.05) is 0 Å². The lowest BCUT2D eigenvalue weighted by atomic mass is 10.0. The minimum atomic E-state index is -0.509. The Morgan fingerprint density at radius 2 is 2.07 bits per heavy atom. The molecule has 1 aromatic rings. The first-order valence-corrected chi connectivity index (χ1v) is 4.98. The third-order valence-electron chi connectivity index (χ3n) is 2.18. The molecule has 0 saturated heterocycles. The Balaban J connectivity index is 2.56. The van der Waals surface area contributed by atoms with Crippen LogP contribution in [0.25, 0.3) is 0 Å². The molecule has 2 heteroatoms. The molecule has 0 amide bonds. The topological polar surface area (TPSA) is 43.1 Å². The largest absolute Gasteiger partial charge is 0.318 e. The summed E-state index contributed by atoms with van der Waals surface area (Å²) in [7, 11) is 0. The van der Waals surface area contributed by atoms with Crippen LogP contribution in [-0.4, -0.2) is 5.78 Å². The van der Waals surface area contributed by atoms with Crippen LogP contribution in [0.5, 0.6) is 0 Å². The Kier molecular flexibility index (Phi) is 4.59. The van der Waals surface area contributed by atoms with Crippen molar-refractivity contribution in [3.63, 3.8) is 0 Å². The van der Waals surface area contributed by atoms with E-state index in [0.29, 0.717) is 12.8 Å². The molecular formula is C13H15NO. The lowest BCUT2D eigenvalue weighted by molar-refractivity contribution is -0.120. The zero-order valence-electron chi connectivity index (χ0n) is 8.86. The van der Waals surface area contributed by atoms with Crippen molar-refractivity contribution in [3.8, 4) is 11.8 Å². The van der Waals surface area contributed by atoms with Crippen LogP contribution in [0.4, 0.5) is 0 Å². The van der Waals surface area contributed by atoms with E-state index in [1.165, 1.54) is 0 Å². The van der Waals surface area contributed by atoms with Crippen molar-refractivity contribution in [1.29, 1.82) is 0 Å². The summed E-state index contributed by atoms with van der Waals surface area (Å²) >= 11 is 0. The highest BCUT2D eigenvalue weighted by Gasteiger charge is 2.13. The summed E-state index contributed by atoms with van der Waals surface area (Å²) in [6.07, 6.45) is 1.02. The van der Waals surface area contributed by atoms with Gasteiger partial charge in [-0.05, 0) is 12.5 Å². The molecule has 0 spiro atoms. The van der Waals surface area contributed by atoms with Gasteiger partial charge in [0.25, 0.3) is 0 Å².